The Hall–Kier alpha value is -3.46. The number of nitriles is 1. The van der Waals surface area contributed by atoms with Gasteiger partial charge < -0.3 is 30.1 Å². The number of rotatable bonds is 12. The number of thiophene rings is 1. The molecule has 0 unspecified atom stereocenters. The summed E-state index contributed by atoms with van der Waals surface area (Å²) in [6, 6.07) is 13.3. The van der Waals surface area contributed by atoms with E-state index in [1.165, 1.54) is 19.3 Å². The number of hydrogen-bond donors (Lipinski definition) is 2. The molecule has 1 aromatic heterocycles. The summed E-state index contributed by atoms with van der Waals surface area (Å²) in [7, 11) is 4.15. The zero-order valence-corrected chi connectivity index (χ0v) is 28.3. The normalized spacial score (nSPS) is 22.7. The van der Waals surface area contributed by atoms with Gasteiger partial charge in [0.25, 0.3) is 6.02 Å². The lowest BCUT2D eigenvalue weighted by molar-refractivity contribution is -0.145. The van der Waals surface area contributed by atoms with Gasteiger partial charge in [0.15, 0.2) is 0 Å². The summed E-state index contributed by atoms with van der Waals surface area (Å²) in [5, 5.41) is 18.2. The third-order valence-corrected chi connectivity index (χ3v) is 10.1. The number of amides is 2. The molecule has 248 valence electrons. The number of aliphatic imine (C=N–C) groups is 1. The fraction of sp³-hybridized carbons (Fsp3) is 0.600. The number of piperazine rings is 1. The Bertz CT molecular complexity index is 1370. The van der Waals surface area contributed by atoms with Crippen LogP contribution in [0.3, 0.4) is 0 Å². The second-order valence-electron chi connectivity index (χ2n) is 13.1. The maximum Gasteiger partial charge on any atom is 0.288 e. The topological polar surface area (TPSA) is 113 Å². The highest BCUT2D eigenvalue weighted by Crippen LogP contribution is 2.31. The molecule has 1 saturated heterocycles. The molecule has 2 aromatic rings. The van der Waals surface area contributed by atoms with E-state index in [2.05, 4.69) is 35.7 Å². The molecular formula is C35H49N7O3S. The maximum atomic E-state index is 14.4. The van der Waals surface area contributed by atoms with E-state index >= 15 is 0 Å². The SMILES string of the molecule is C[C@@H]1N=C(N2CCN(C(=O)[C@@H](CCCCN(C)C)NC3CCCCC3)[C@H](C(=O)NCc3cccs3)C2)O[C@H]1c1cccc(C#N)c1. The first-order valence-electron chi connectivity index (χ1n) is 16.8. The van der Waals surface area contributed by atoms with Crippen molar-refractivity contribution >= 4 is 29.2 Å². The van der Waals surface area contributed by atoms with E-state index in [0.29, 0.717) is 43.8 Å². The minimum absolute atomic E-state index is 0.0141. The van der Waals surface area contributed by atoms with E-state index < -0.39 is 6.04 Å². The van der Waals surface area contributed by atoms with Crippen LogP contribution in [0, 0.1) is 11.3 Å². The Morgan fingerprint density at radius 3 is 2.72 bits per heavy atom. The van der Waals surface area contributed by atoms with Gasteiger partial charge in [-0.2, -0.15) is 5.26 Å². The van der Waals surface area contributed by atoms with Gasteiger partial charge in [-0.25, -0.2) is 4.99 Å². The van der Waals surface area contributed by atoms with Crippen LogP contribution in [-0.2, 0) is 20.9 Å². The molecule has 0 spiro atoms. The van der Waals surface area contributed by atoms with E-state index in [1.807, 2.05) is 47.5 Å². The third kappa shape index (κ3) is 8.87. The van der Waals surface area contributed by atoms with Crippen molar-refractivity contribution in [3.05, 3.63) is 57.8 Å². The van der Waals surface area contributed by atoms with Crippen LogP contribution in [-0.4, -0.2) is 97.0 Å². The number of ether oxygens (including phenoxy) is 1. The van der Waals surface area contributed by atoms with Gasteiger partial charge in [0.1, 0.15) is 12.1 Å². The fourth-order valence-corrected chi connectivity index (χ4v) is 7.38. The van der Waals surface area contributed by atoms with Crippen LogP contribution >= 0.6 is 11.3 Å². The molecule has 1 aliphatic carbocycles. The Morgan fingerprint density at radius 2 is 1.98 bits per heavy atom. The predicted octanol–water partition coefficient (Wildman–Crippen LogP) is 4.29. The van der Waals surface area contributed by atoms with Gasteiger partial charge in [0, 0.05) is 24.0 Å². The Balaban J connectivity index is 1.32. The number of amidine groups is 1. The molecule has 46 heavy (non-hydrogen) atoms. The van der Waals surface area contributed by atoms with E-state index in [4.69, 9.17) is 9.73 Å². The highest BCUT2D eigenvalue weighted by atomic mass is 32.1. The van der Waals surface area contributed by atoms with Crippen molar-refractivity contribution in [2.24, 2.45) is 4.99 Å². The van der Waals surface area contributed by atoms with Gasteiger partial charge in [-0.1, -0.05) is 43.9 Å². The van der Waals surface area contributed by atoms with Crippen molar-refractivity contribution in [1.29, 1.82) is 5.26 Å². The first kappa shape index (κ1) is 33.9. The molecule has 1 saturated carbocycles. The van der Waals surface area contributed by atoms with Gasteiger partial charge >= 0.3 is 0 Å². The first-order chi connectivity index (χ1) is 22.3. The zero-order chi connectivity index (χ0) is 32.5. The lowest BCUT2D eigenvalue weighted by Crippen LogP contribution is -2.64. The number of benzene rings is 1. The van der Waals surface area contributed by atoms with Crippen molar-refractivity contribution in [3.8, 4) is 6.07 Å². The van der Waals surface area contributed by atoms with E-state index in [0.717, 1.165) is 49.1 Å². The van der Waals surface area contributed by atoms with Crippen molar-refractivity contribution in [3.63, 3.8) is 0 Å². The number of hydrogen-bond acceptors (Lipinski definition) is 9. The van der Waals surface area contributed by atoms with Crippen LogP contribution in [0.15, 0.2) is 46.8 Å². The summed E-state index contributed by atoms with van der Waals surface area (Å²) in [6.07, 6.45) is 8.21. The van der Waals surface area contributed by atoms with Crippen molar-refractivity contribution < 1.29 is 14.3 Å². The van der Waals surface area contributed by atoms with Crippen molar-refractivity contribution in [2.75, 3.05) is 40.3 Å². The monoisotopic (exact) mass is 647 g/mol. The molecule has 11 heteroatoms. The molecule has 3 aliphatic rings. The zero-order valence-electron chi connectivity index (χ0n) is 27.5. The molecule has 10 nitrogen and oxygen atoms in total. The summed E-state index contributed by atoms with van der Waals surface area (Å²) >= 11 is 1.60. The van der Waals surface area contributed by atoms with Gasteiger partial charge in [-0.3, -0.25) is 9.59 Å². The number of carbonyl (C=O) groups is 2. The van der Waals surface area contributed by atoms with Crippen molar-refractivity contribution in [2.45, 2.75) is 95.1 Å². The van der Waals surface area contributed by atoms with Gasteiger partial charge in [-0.15, -0.1) is 11.3 Å². The Kier molecular flexibility index (Phi) is 12.1. The smallest absolute Gasteiger partial charge is 0.288 e. The average Bonchev–Trinajstić information content (AvgIpc) is 3.74. The Morgan fingerprint density at radius 1 is 1.15 bits per heavy atom. The number of nitrogens with one attached hydrogen (secondary N) is 2. The van der Waals surface area contributed by atoms with E-state index in [1.54, 1.807) is 22.3 Å². The van der Waals surface area contributed by atoms with Gasteiger partial charge in [0.05, 0.1) is 36.8 Å². The summed E-state index contributed by atoms with van der Waals surface area (Å²) in [5.41, 5.74) is 1.48. The Labute approximate surface area is 277 Å². The highest BCUT2D eigenvalue weighted by Gasteiger charge is 2.41. The lowest BCUT2D eigenvalue weighted by Gasteiger charge is -2.42. The highest BCUT2D eigenvalue weighted by molar-refractivity contribution is 7.09. The maximum absolute atomic E-state index is 14.4. The minimum Gasteiger partial charge on any atom is -0.455 e. The van der Waals surface area contributed by atoms with Gasteiger partial charge in [-0.05, 0) is 82.4 Å². The third-order valence-electron chi connectivity index (χ3n) is 9.27. The molecule has 2 N–H and O–H groups in total. The summed E-state index contributed by atoms with van der Waals surface area (Å²) in [4.78, 5) is 40.2. The quantitative estimate of drug-likeness (QED) is 0.331. The second-order valence-corrected chi connectivity index (χ2v) is 14.1. The average molecular weight is 648 g/mol. The van der Waals surface area contributed by atoms with Crippen LogP contribution < -0.4 is 10.6 Å². The molecule has 5 rings (SSSR count). The van der Waals surface area contributed by atoms with Crippen LogP contribution in [0.5, 0.6) is 0 Å². The molecule has 0 radical (unpaired) electrons. The van der Waals surface area contributed by atoms with Crippen LogP contribution in [0.1, 0.15) is 80.4 Å². The largest absolute Gasteiger partial charge is 0.455 e. The number of nitrogens with zero attached hydrogens (tertiary/aromatic N) is 5. The molecular weight excluding hydrogens is 598 g/mol. The number of carbonyl (C=O) groups excluding carboxylic acids is 2. The molecule has 2 fully saturated rings. The molecule has 1 aromatic carbocycles. The number of unbranched alkanes of at least 4 members (excludes halogenated alkanes) is 1. The fourth-order valence-electron chi connectivity index (χ4n) is 6.73. The van der Waals surface area contributed by atoms with E-state index in [9.17, 15) is 14.9 Å². The van der Waals surface area contributed by atoms with Crippen molar-refractivity contribution in [1.82, 2.24) is 25.3 Å². The molecule has 3 heterocycles. The van der Waals surface area contributed by atoms with E-state index in [-0.39, 0.29) is 30.0 Å². The van der Waals surface area contributed by atoms with Crippen LogP contribution in [0.25, 0.3) is 0 Å². The molecule has 0 bridgehead atoms. The first-order valence-corrected chi connectivity index (χ1v) is 17.7. The molecule has 4 atom stereocenters. The predicted molar refractivity (Wildman–Crippen MR) is 181 cm³/mol. The molecule has 2 amide bonds. The summed E-state index contributed by atoms with van der Waals surface area (Å²) in [5.74, 6) is -0.152. The molecule has 2 aliphatic heterocycles. The van der Waals surface area contributed by atoms with Gasteiger partial charge in [0.2, 0.25) is 11.8 Å². The second kappa shape index (κ2) is 16.4. The summed E-state index contributed by atoms with van der Waals surface area (Å²) in [6.45, 7) is 4.64. The lowest BCUT2D eigenvalue weighted by atomic mass is 9.94. The minimum atomic E-state index is -0.679. The summed E-state index contributed by atoms with van der Waals surface area (Å²) < 4.78 is 6.39. The van der Waals surface area contributed by atoms with Crippen LogP contribution in [0.2, 0.25) is 0 Å². The standard InChI is InChI=1S/C35H49N7O3S/c1-25-32(27-12-9-11-26(21-27)22-36)45-35(38-25)41-18-19-42(31(24-41)33(43)37-23-29-15-10-20-46-29)34(44)30(16-7-8-17-40(2)3)39-28-13-5-4-6-14-28/h9-12,15,20-21,25,28,30-32,39H,4-8,13-14,16-19,23-24H2,1-3H3,(H,37,43)/t25-,30+,31-,32+/m0/s1. The van der Waals surface area contributed by atoms with Crippen LogP contribution in [0.4, 0.5) is 0 Å².